The van der Waals surface area contributed by atoms with Gasteiger partial charge in [0.15, 0.2) is 12.1 Å². The van der Waals surface area contributed by atoms with Gasteiger partial charge < -0.3 is 15.8 Å². The van der Waals surface area contributed by atoms with Gasteiger partial charge in [-0.2, -0.15) is 0 Å². The van der Waals surface area contributed by atoms with Crippen LogP contribution in [0.5, 0.6) is 5.75 Å². The summed E-state index contributed by atoms with van der Waals surface area (Å²) >= 11 is 0. The Morgan fingerprint density at radius 2 is 1.67 bits per heavy atom. The van der Waals surface area contributed by atoms with Crippen molar-refractivity contribution in [2.24, 2.45) is 5.73 Å². The van der Waals surface area contributed by atoms with Gasteiger partial charge in [-0.15, -0.1) is 0 Å². The molecule has 2 aromatic carbocycles. The minimum atomic E-state index is -1.15. The standard InChI is InChI=1S/C14H20FN3O.C7H8O/c15-13(18-8-6-17-7-9-18)10-12(16)14(19)11-4-2-1-3-5-11;1-8-7-5-3-2-4-6-7/h1-5,12-13,17H,6-10,16H2;2-6H,1H3. The first-order valence-corrected chi connectivity index (χ1v) is 9.14. The Bertz CT molecular complexity index is 664. The van der Waals surface area contributed by atoms with E-state index in [0.29, 0.717) is 18.7 Å². The van der Waals surface area contributed by atoms with E-state index in [1.54, 1.807) is 36.3 Å². The van der Waals surface area contributed by atoms with Crippen LogP contribution in [-0.2, 0) is 0 Å². The van der Waals surface area contributed by atoms with Gasteiger partial charge in [-0.05, 0) is 12.1 Å². The number of methoxy groups -OCH3 is 1. The second-order valence-corrected chi connectivity index (χ2v) is 6.31. The summed E-state index contributed by atoms with van der Waals surface area (Å²) < 4.78 is 19.0. The van der Waals surface area contributed by atoms with Gasteiger partial charge in [-0.3, -0.25) is 9.69 Å². The Morgan fingerprint density at radius 1 is 1.11 bits per heavy atom. The number of piperazine rings is 1. The summed E-state index contributed by atoms with van der Waals surface area (Å²) in [6, 6.07) is 17.7. The zero-order chi connectivity index (χ0) is 19.5. The van der Waals surface area contributed by atoms with E-state index in [1.807, 2.05) is 36.4 Å². The summed E-state index contributed by atoms with van der Waals surface area (Å²) in [6.07, 6.45) is -1.10. The fourth-order valence-corrected chi connectivity index (χ4v) is 2.80. The van der Waals surface area contributed by atoms with E-state index in [9.17, 15) is 9.18 Å². The molecule has 0 spiro atoms. The van der Waals surface area contributed by atoms with Crippen molar-refractivity contribution in [3.63, 3.8) is 0 Å². The Morgan fingerprint density at radius 3 is 2.19 bits per heavy atom. The Kier molecular flexibility index (Phi) is 8.91. The molecule has 0 radical (unpaired) electrons. The molecule has 3 rings (SSSR count). The van der Waals surface area contributed by atoms with Crippen molar-refractivity contribution >= 4 is 5.78 Å². The van der Waals surface area contributed by atoms with Crippen molar-refractivity contribution in [3.8, 4) is 5.75 Å². The number of carbonyl (C=O) groups excluding carboxylic acids is 1. The number of carbonyl (C=O) groups is 1. The summed E-state index contributed by atoms with van der Waals surface area (Å²) in [7, 11) is 1.66. The third-order valence-electron chi connectivity index (χ3n) is 4.37. The first-order chi connectivity index (χ1) is 13.1. The summed E-state index contributed by atoms with van der Waals surface area (Å²) in [5.41, 5.74) is 6.37. The Balaban J connectivity index is 0.000000273. The lowest BCUT2D eigenvalue weighted by molar-refractivity contribution is 0.0547. The predicted molar refractivity (Wildman–Crippen MR) is 106 cm³/mol. The summed E-state index contributed by atoms with van der Waals surface area (Å²) in [6.45, 7) is 2.88. The smallest absolute Gasteiger partial charge is 0.179 e. The van der Waals surface area contributed by atoms with Gasteiger partial charge in [0.05, 0.1) is 13.2 Å². The summed E-state index contributed by atoms with van der Waals surface area (Å²) in [5, 5.41) is 3.17. The van der Waals surface area contributed by atoms with Crippen molar-refractivity contribution < 1.29 is 13.9 Å². The van der Waals surface area contributed by atoms with Crippen molar-refractivity contribution in [2.45, 2.75) is 18.8 Å². The highest BCUT2D eigenvalue weighted by molar-refractivity contribution is 5.99. The molecular weight excluding hydrogens is 345 g/mol. The number of nitrogens with zero attached hydrogens (tertiary/aromatic N) is 1. The number of hydrogen-bond donors (Lipinski definition) is 2. The number of para-hydroxylation sites is 1. The molecule has 146 valence electrons. The molecule has 0 saturated carbocycles. The molecule has 0 aromatic heterocycles. The van der Waals surface area contributed by atoms with Crippen LogP contribution in [0.15, 0.2) is 60.7 Å². The van der Waals surface area contributed by atoms with Crippen molar-refractivity contribution in [1.82, 2.24) is 10.2 Å². The van der Waals surface area contributed by atoms with Crippen LogP contribution in [0, 0.1) is 0 Å². The van der Waals surface area contributed by atoms with Gasteiger partial charge in [0, 0.05) is 38.2 Å². The van der Waals surface area contributed by atoms with Crippen LogP contribution in [0.25, 0.3) is 0 Å². The molecule has 2 aromatic rings. The van der Waals surface area contributed by atoms with E-state index < -0.39 is 12.3 Å². The number of hydrogen-bond acceptors (Lipinski definition) is 5. The molecule has 3 N–H and O–H groups in total. The van der Waals surface area contributed by atoms with E-state index >= 15 is 0 Å². The van der Waals surface area contributed by atoms with E-state index in [1.165, 1.54) is 0 Å². The molecule has 1 fully saturated rings. The molecule has 5 nitrogen and oxygen atoms in total. The summed E-state index contributed by atoms with van der Waals surface area (Å²) in [4.78, 5) is 13.8. The minimum absolute atomic E-state index is 0.0493. The number of ketones is 1. The normalized spacial score (nSPS) is 16.6. The number of rotatable bonds is 6. The van der Waals surface area contributed by atoms with Crippen LogP contribution in [0.2, 0.25) is 0 Å². The van der Waals surface area contributed by atoms with Crippen LogP contribution in [0.3, 0.4) is 0 Å². The number of alkyl halides is 1. The van der Waals surface area contributed by atoms with Crippen LogP contribution in [0.1, 0.15) is 16.8 Å². The third-order valence-corrected chi connectivity index (χ3v) is 4.37. The monoisotopic (exact) mass is 373 g/mol. The molecule has 27 heavy (non-hydrogen) atoms. The SMILES string of the molecule is COc1ccccc1.NC(CC(F)N1CCNCC1)C(=O)c1ccccc1. The zero-order valence-corrected chi connectivity index (χ0v) is 15.7. The Hall–Kier alpha value is -2.28. The number of benzene rings is 2. The number of ether oxygens (including phenoxy) is 1. The lowest BCUT2D eigenvalue weighted by Gasteiger charge is -2.31. The molecule has 1 aliphatic rings. The van der Waals surface area contributed by atoms with Crippen LogP contribution >= 0.6 is 0 Å². The van der Waals surface area contributed by atoms with Crippen LogP contribution in [0.4, 0.5) is 4.39 Å². The van der Waals surface area contributed by atoms with Gasteiger partial charge in [0.2, 0.25) is 0 Å². The highest BCUT2D eigenvalue weighted by atomic mass is 19.1. The second-order valence-electron chi connectivity index (χ2n) is 6.31. The zero-order valence-electron chi connectivity index (χ0n) is 15.7. The van der Waals surface area contributed by atoms with Crippen LogP contribution in [-0.4, -0.2) is 56.3 Å². The fraction of sp³-hybridized carbons (Fsp3) is 0.381. The Labute approximate surface area is 160 Å². The van der Waals surface area contributed by atoms with Crippen molar-refractivity contribution in [3.05, 3.63) is 66.2 Å². The topological polar surface area (TPSA) is 67.6 Å². The highest BCUT2D eigenvalue weighted by Gasteiger charge is 2.25. The maximum atomic E-state index is 14.1. The highest BCUT2D eigenvalue weighted by Crippen LogP contribution is 2.12. The van der Waals surface area contributed by atoms with Gasteiger partial charge >= 0.3 is 0 Å². The molecule has 1 heterocycles. The van der Waals surface area contributed by atoms with Gasteiger partial charge in [-0.25, -0.2) is 4.39 Å². The molecule has 2 unspecified atom stereocenters. The molecule has 0 aliphatic carbocycles. The van der Waals surface area contributed by atoms with Gasteiger partial charge in [-0.1, -0.05) is 48.5 Å². The second kappa shape index (κ2) is 11.4. The van der Waals surface area contributed by atoms with E-state index in [2.05, 4.69) is 5.32 Å². The molecule has 0 amide bonds. The summed E-state index contributed by atoms with van der Waals surface area (Å²) in [5.74, 6) is 0.714. The van der Waals surface area contributed by atoms with E-state index in [0.717, 1.165) is 18.8 Å². The average molecular weight is 373 g/mol. The minimum Gasteiger partial charge on any atom is -0.497 e. The number of nitrogens with two attached hydrogens (primary N) is 1. The molecule has 1 saturated heterocycles. The number of Topliss-reactive ketones (excluding diaryl/α,β-unsaturated/α-hetero) is 1. The molecule has 2 atom stereocenters. The lowest BCUT2D eigenvalue weighted by atomic mass is 10.0. The van der Waals surface area contributed by atoms with E-state index in [4.69, 9.17) is 10.5 Å². The van der Waals surface area contributed by atoms with Gasteiger partial charge in [0.1, 0.15) is 5.75 Å². The first kappa shape index (κ1) is 21.0. The third kappa shape index (κ3) is 7.09. The molecular formula is C21H28FN3O2. The maximum Gasteiger partial charge on any atom is 0.179 e. The van der Waals surface area contributed by atoms with Crippen molar-refractivity contribution in [2.75, 3.05) is 33.3 Å². The predicted octanol–water partition coefficient (Wildman–Crippen LogP) is 2.48. The molecule has 0 bridgehead atoms. The molecule has 6 heteroatoms. The number of halogens is 1. The van der Waals surface area contributed by atoms with Gasteiger partial charge in [0.25, 0.3) is 0 Å². The molecule has 1 aliphatic heterocycles. The lowest BCUT2D eigenvalue weighted by Crippen LogP contribution is -2.49. The fourth-order valence-electron chi connectivity index (χ4n) is 2.80. The average Bonchev–Trinajstić information content (AvgIpc) is 2.75. The quantitative estimate of drug-likeness (QED) is 0.602. The van der Waals surface area contributed by atoms with Crippen molar-refractivity contribution in [1.29, 1.82) is 0 Å². The van der Waals surface area contributed by atoms with Crippen LogP contribution < -0.4 is 15.8 Å². The largest absolute Gasteiger partial charge is 0.497 e. The maximum absolute atomic E-state index is 14.1. The number of nitrogens with one attached hydrogen (secondary N) is 1. The van der Waals surface area contributed by atoms with E-state index in [-0.39, 0.29) is 12.2 Å². The first-order valence-electron chi connectivity index (χ1n) is 9.14.